The van der Waals surface area contributed by atoms with Gasteiger partial charge in [-0.3, -0.25) is 10.1 Å². The van der Waals surface area contributed by atoms with Crippen molar-refractivity contribution in [2.24, 2.45) is 10.9 Å². The molecule has 1 fully saturated rings. The molecule has 1 aliphatic carbocycles. The monoisotopic (exact) mass is 514 g/mol. The van der Waals surface area contributed by atoms with Crippen molar-refractivity contribution in [2.75, 3.05) is 26.3 Å². The molecule has 0 bridgehead atoms. The first-order chi connectivity index (χ1) is 13.7. The molecule has 8 heteroatoms. The number of halogens is 1. The van der Waals surface area contributed by atoms with Gasteiger partial charge in [0.25, 0.3) is 5.69 Å². The predicted molar refractivity (Wildman–Crippen MR) is 126 cm³/mol. The smallest absolute Gasteiger partial charge is 0.269 e. The molecule has 1 unspecified atom stereocenters. The first-order valence-electron chi connectivity index (χ1n) is 10.2. The van der Waals surface area contributed by atoms with Crippen molar-refractivity contribution >= 4 is 35.6 Å². The third-order valence-corrected chi connectivity index (χ3v) is 5.27. The molecule has 3 rings (SSSR count). The van der Waals surface area contributed by atoms with Gasteiger partial charge in [0.2, 0.25) is 0 Å². The zero-order chi connectivity index (χ0) is 19.6. The Labute approximate surface area is 189 Å². The summed E-state index contributed by atoms with van der Waals surface area (Å²) >= 11 is 0. The van der Waals surface area contributed by atoms with E-state index < -0.39 is 0 Å². The van der Waals surface area contributed by atoms with Crippen LogP contribution >= 0.6 is 24.0 Å². The van der Waals surface area contributed by atoms with Gasteiger partial charge in [-0.05, 0) is 44.1 Å². The highest BCUT2D eigenvalue weighted by Gasteiger charge is 2.16. The molecule has 2 N–H and O–H groups in total. The molecule has 0 radical (unpaired) electrons. The van der Waals surface area contributed by atoms with Crippen molar-refractivity contribution in [1.82, 2.24) is 10.6 Å². The normalized spacial score (nSPS) is 19.2. The standard InChI is InChI=1S/C21H30N4O3.HI/c26-25(27)20-8-6-18(7-9-20)14-23-21(24-15-19-11-13-28-16-19)22-12-10-17-4-2-1-3-5-17;/h4,6-9,19H,1-3,5,10-16H2,(H2,22,23,24);1H. The predicted octanol–water partition coefficient (Wildman–Crippen LogP) is 4.18. The number of allylic oxidation sites excluding steroid dienone is 1. The Morgan fingerprint density at radius 3 is 2.72 bits per heavy atom. The molecule has 1 heterocycles. The topological polar surface area (TPSA) is 88.8 Å². The summed E-state index contributed by atoms with van der Waals surface area (Å²) in [7, 11) is 0. The molecule has 1 aromatic rings. The maximum Gasteiger partial charge on any atom is 0.269 e. The lowest BCUT2D eigenvalue weighted by atomic mass is 9.97. The van der Waals surface area contributed by atoms with E-state index >= 15 is 0 Å². The van der Waals surface area contributed by atoms with E-state index in [0.717, 1.165) is 50.7 Å². The Bertz CT molecular complexity index is 700. The maximum atomic E-state index is 10.8. The van der Waals surface area contributed by atoms with Crippen LogP contribution < -0.4 is 10.6 Å². The van der Waals surface area contributed by atoms with Gasteiger partial charge >= 0.3 is 0 Å². The van der Waals surface area contributed by atoms with Gasteiger partial charge in [-0.2, -0.15) is 0 Å². The highest BCUT2D eigenvalue weighted by molar-refractivity contribution is 14.0. The van der Waals surface area contributed by atoms with Crippen molar-refractivity contribution in [3.63, 3.8) is 0 Å². The Balaban J connectivity index is 0.00000300. The fraction of sp³-hybridized carbons (Fsp3) is 0.571. The van der Waals surface area contributed by atoms with Crippen LogP contribution in [0.4, 0.5) is 5.69 Å². The third-order valence-electron chi connectivity index (χ3n) is 5.27. The molecule has 1 saturated heterocycles. The minimum Gasteiger partial charge on any atom is -0.381 e. The van der Waals surface area contributed by atoms with E-state index in [1.807, 2.05) is 0 Å². The second-order valence-electron chi connectivity index (χ2n) is 7.48. The lowest BCUT2D eigenvalue weighted by molar-refractivity contribution is -0.384. The van der Waals surface area contributed by atoms with Gasteiger partial charge in [0.15, 0.2) is 5.96 Å². The average molecular weight is 514 g/mol. The molecule has 1 atom stereocenters. The summed E-state index contributed by atoms with van der Waals surface area (Å²) in [4.78, 5) is 15.1. The molecule has 1 aliphatic heterocycles. The van der Waals surface area contributed by atoms with E-state index in [1.165, 1.54) is 43.4 Å². The number of ether oxygens (including phenoxy) is 1. The summed E-state index contributed by atoms with van der Waals surface area (Å²) in [6, 6.07) is 6.57. The number of guanidine groups is 1. The number of benzene rings is 1. The van der Waals surface area contributed by atoms with Gasteiger partial charge in [0.1, 0.15) is 0 Å². The molecule has 0 amide bonds. The summed E-state index contributed by atoms with van der Waals surface area (Å²) in [5.74, 6) is 1.31. The Hall–Kier alpha value is -1.68. The van der Waals surface area contributed by atoms with Crippen LogP contribution in [0.5, 0.6) is 0 Å². The van der Waals surface area contributed by atoms with Gasteiger partial charge < -0.3 is 15.4 Å². The van der Waals surface area contributed by atoms with E-state index in [2.05, 4.69) is 21.7 Å². The van der Waals surface area contributed by atoms with E-state index in [9.17, 15) is 10.1 Å². The zero-order valence-corrected chi connectivity index (χ0v) is 19.1. The number of aliphatic imine (C=N–C) groups is 1. The fourth-order valence-electron chi connectivity index (χ4n) is 3.53. The van der Waals surface area contributed by atoms with Crippen LogP contribution in [0, 0.1) is 16.0 Å². The highest BCUT2D eigenvalue weighted by Crippen LogP contribution is 2.19. The van der Waals surface area contributed by atoms with Gasteiger partial charge in [0, 0.05) is 37.7 Å². The summed E-state index contributed by atoms with van der Waals surface area (Å²) in [6.07, 6.45) is 9.53. The SMILES string of the molecule is I.O=[N+]([O-])c1ccc(CN=C(NCCC2=CCCCC2)NCC2CCOC2)cc1. The molecular formula is C21H31IN4O3. The van der Waals surface area contributed by atoms with Crippen LogP contribution in [0.15, 0.2) is 40.9 Å². The van der Waals surface area contributed by atoms with Gasteiger partial charge in [-0.1, -0.05) is 23.8 Å². The number of non-ortho nitro benzene ring substituents is 1. The van der Waals surface area contributed by atoms with Crippen molar-refractivity contribution in [3.05, 3.63) is 51.6 Å². The van der Waals surface area contributed by atoms with Crippen molar-refractivity contribution in [1.29, 1.82) is 0 Å². The second-order valence-corrected chi connectivity index (χ2v) is 7.48. The molecule has 0 aromatic heterocycles. The quantitative estimate of drug-likeness (QED) is 0.136. The number of hydrogen-bond acceptors (Lipinski definition) is 4. The van der Waals surface area contributed by atoms with Crippen molar-refractivity contribution in [2.45, 2.75) is 45.1 Å². The number of rotatable bonds is 8. The number of nitrogens with zero attached hydrogens (tertiary/aromatic N) is 2. The lowest BCUT2D eigenvalue weighted by Crippen LogP contribution is -2.40. The van der Waals surface area contributed by atoms with Crippen LogP contribution in [-0.2, 0) is 11.3 Å². The molecule has 1 aromatic carbocycles. The molecule has 0 spiro atoms. The van der Waals surface area contributed by atoms with Gasteiger partial charge in [-0.25, -0.2) is 4.99 Å². The average Bonchev–Trinajstić information content (AvgIpc) is 3.24. The van der Waals surface area contributed by atoms with Gasteiger partial charge in [-0.15, -0.1) is 24.0 Å². The van der Waals surface area contributed by atoms with Crippen LogP contribution in [-0.4, -0.2) is 37.2 Å². The number of nitro benzene ring substituents is 1. The summed E-state index contributed by atoms with van der Waals surface area (Å²) < 4.78 is 5.45. The summed E-state index contributed by atoms with van der Waals surface area (Å²) in [6.45, 7) is 3.82. The molecular weight excluding hydrogens is 483 g/mol. The molecule has 7 nitrogen and oxygen atoms in total. The fourth-order valence-corrected chi connectivity index (χ4v) is 3.53. The molecule has 160 valence electrons. The van der Waals surface area contributed by atoms with Crippen LogP contribution in [0.3, 0.4) is 0 Å². The van der Waals surface area contributed by atoms with Crippen molar-refractivity contribution in [3.8, 4) is 0 Å². The van der Waals surface area contributed by atoms with Gasteiger partial charge in [0.05, 0.1) is 18.1 Å². The molecule has 29 heavy (non-hydrogen) atoms. The zero-order valence-electron chi connectivity index (χ0n) is 16.8. The van der Waals surface area contributed by atoms with E-state index in [0.29, 0.717) is 12.5 Å². The maximum absolute atomic E-state index is 10.8. The summed E-state index contributed by atoms with van der Waals surface area (Å²) in [5, 5.41) is 17.7. The molecule has 0 saturated carbocycles. The number of nitrogens with one attached hydrogen (secondary N) is 2. The highest BCUT2D eigenvalue weighted by atomic mass is 127. The van der Waals surface area contributed by atoms with Crippen LogP contribution in [0.2, 0.25) is 0 Å². The Morgan fingerprint density at radius 2 is 2.07 bits per heavy atom. The van der Waals surface area contributed by atoms with Crippen molar-refractivity contribution < 1.29 is 9.66 Å². The Morgan fingerprint density at radius 1 is 1.24 bits per heavy atom. The summed E-state index contributed by atoms with van der Waals surface area (Å²) in [5.41, 5.74) is 2.59. The number of nitro groups is 1. The van der Waals surface area contributed by atoms with E-state index in [-0.39, 0.29) is 34.6 Å². The minimum atomic E-state index is -0.384. The molecule has 2 aliphatic rings. The first-order valence-corrected chi connectivity index (χ1v) is 10.2. The first kappa shape index (κ1) is 23.6. The second kappa shape index (κ2) is 12.8. The lowest BCUT2D eigenvalue weighted by Gasteiger charge is -2.17. The minimum absolute atomic E-state index is 0. The van der Waals surface area contributed by atoms with Crippen LogP contribution in [0.25, 0.3) is 0 Å². The largest absolute Gasteiger partial charge is 0.381 e. The Kier molecular flexibility index (Phi) is 10.4. The van der Waals surface area contributed by atoms with Crippen LogP contribution in [0.1, 0.15) is 44.1 Å². The number of hydrogen-bond donors (Lipinski definition) is 2. The van der Waals surface area contributed by atoms with E-state index in [1.54, 1.807) is 12.1 Å². The third kappa shape index (κ3) is 8.30. The van der Waals surface area contributed by atoms with E-state index in [4.69, 9.17) is 4.74 Å².